The zero-order valence-corrected chi connectivity index (χ0v) is 14.2. The Morgan fingerprint density at radius 3 is 1.78 bits per heavy atom. The molecule has 0 saturated carbocycles. The van der Waals surface area contributed by atoms with E-state index in [4.69, 9.17) is 0 Å². The van der Waals surface area contributed by atoms with Crippen molar-refractivity contribution in [3.05, 3.63) is 71.8 Å². The van der Waals surface area contributed by atoms with Crippen molar-refractivity contribution in [3.8, 4) is 6.07 Å². The molecule has 2 aromatic carbocycles. The molecule has 0 spiro atoms. The highest BCUT2D eigenvalue weighted by atomic mass is 15.0. The minimum absolute atomic E-state index is 0.541. The summed E-state index contributed by atoms with van der Waals surface area (Å²) in [4.78, 5) is 2.21. The molecule has 0 aliphatic carbocycles. The van der Waals surface area contributed by atoms with Crippen LogP contribution in [0, 0.1) is 11.3 Å². The van der Waals surface area contributed by atoms with E-state index in [9.17, 15) is 5.26 Å². The second-order valence-corrected chi connectivity index (χ2v) is 6.36. The van der Waals surface area contributed by atoms with Gasteiger partial charge in [0.2, 0.25) is 0 Å². The van der Waals surface area contributed by atoms with Gasteiger partial charge in [0.1, 0.15) is 5.41 Å². The van der Waals surface area contributed by atoms with Crippen molar-refractivity contribution in [3.63, 3.8) is 0 Å². The first kappa shape index (κ1) is 17.2. The molecule has 2 heteroatoms. The first-order valence-corrected chi connectivity index (χ1v) is 8.36. The van der Waals surface area contributed by atoms with E-state index in [0.717, 1.165) is 36.9 Å². The summed E-state index contributed by atoms with van der Waals surface area (Å²) >= 11 is 0. The van der Waals surface area contributed by atoms with Crippen LogP contribution in [0.1, 0.15) is 36.8 Å². The molecule has 0 aromatic heterocycles. The van der Waals surface area contributed by atoms with Crippen LogP contribution in [0.5, 0.6) is 0 Å². The maximum atomic E-state index is 10.1. The minimum Gasteiger partial charge on any atom is -0.309 e. The van der Waals surface area contributed by atoms with Crippen LogP contribution in [0.2, 0.25) is 0 Å². The lowest BCUT2D eigenvalue weighted by molar-refractivity contribution is 0.386. The smallest absolute Gasteiger partial charge is 0.107 e. The van der Waals surface area contributed by atoms with E-state index in [2.05, 4.69) is 49.3 Å². The van der Waals surface area contributed by atoms with Crippen molar-refractivity contribution < 1.29 is 0 Å². The molecule has 0 unspecified atom stereocenters. The first-order valence-electron chi connectivity index (χ1n) is 8.36. The van der Waals surface area contributed by atoms with Gasteiger partial charge in [-0.05, 0) is 44.6 Å². The SMILES string of the molecule is CN(C)CCCCCC(C#N)(c1ccccc1)c1ccccc1. The standard InChI is InChI=1S/C21H26N2/c1-23(2)17-11-5-10-16-21(18-22,19-12-6-3-7-13-19)20-14-8-4-9-15-20/h3-4,6-9,12-15H,5,10-11,16-17H2,1-2H3. The summed E-state index contributed by atoms with van der Waals surface area (Å²) in [6.07, 6.45) is 4.26. The number of rotatable bonds is 8. The number of hydrogen-bond donors (Lipinski definition) is 0. The summed E-state index contributed by atoms with van der Waals surface area (Å²) in [5.41, 5.74) is 1.66. The lowest BCUT2D eigenvalue weighted by Gasteiger charge is -2.28. The molecule has 2 nitrogen and oxygen atoms in total. The molecular formula is C21H26N2. The average molecular weight is 306 g/mol. The number of hydrogen-bond acceptors (Lipinski definition) is 2. The highest BCUT2D eigenvalue weighted by Gasteiger charge is 2.33. The van der Waals surface area contributed by atoms with Crippen molar-refractivity contribution >= 4 is 0 Å². The van der Waals surface area contributed by atoms with Crippen molar-refractivity contribution in [2.75, 3.05) is 20.6 Å². The molecular weight excluding hydrogens is 280 g/mol. The Bertz CT molecular complexity index is 572. The van der Waals surface area contributed by atoms with Gasteiger partial charge in [-0.25, -0.2) is 0 Å². The van der Waals surface area contributed by atoms with Crippen molar-refractivity contribution in [1.82, 2.24) is 4.90 Å². The Hall–Kier alpha value is -2.11. The Kier molecular flexibility index (Phi) is 6.38. The molecule has 0 N–H and O–H groups in total. The Morgan fingerprint density at radius 2 is 1.35 bits per heavy atom. The average Bonchev–Trinajstić information content (AvgIpc) is 2.60. The van der Waals surface area contributed by atoms with E-state index in [-0.39, 0.29) is 0 Å². The largest absolute Gasteiger partial charge is 0.309 e. The Balaban J connectivity index is 2.20. The minimum atomic E-state index is -0.541. The van der Waals surface area contributed by atoms with Crippen molar-refractivity contribution in [2.24, 2.45) is 0 Å². The van der Waals surface area contributed by atoms with Gasteiger partial charge in [-0.2, -0.15) is 5.26 Å². The third kappa shape index (κ3) is 4.43. The van der Waals surface area contributed by atoms with Crippen LogP contribution in [-0.2, 0) is 5.41 Å². The van der Waals surface area contributed by atoms with E-state index in [0.29, 0.717) is 0 Å². The van der Waals surface area contributed by atoms with Gasteiger partial charge in [-0.1, -0.05) is 73.5 Å². The van der Waals surface area contributed by atoms with E-state index in [1.807, 2.05) is 36.4 Å². The van der Waals surface area contributed by atoms with Gasteiger partial charge in [0.25, 0.3) is 0 Å². The molecule has 0 fully saturated rings. The van der Waals surface area contributed by atoms with E-state index in [1.165, 1.54) is 6.42 Å². The normalized spacial score (nSPS) is 11.4. The number of unbranched alkanes of at least 4 members (excludes halogenated alkanes) is 2. The second-order valence-electron chi connectivity index (χ2n) is 6.36. The van der Waals surface area contributed by atoms with Crippen molar-refractivity contribution in [2.45, 2.75) is 31.1 Å². The molecule has 23 heavy (non-hydrogen) atoms. The van der Waals surface area contributed by atoms with Gasteiger partial charge in [0, 0.05) is 0 Å². The van der Waals surface area contributed by atoms with Gasteiger partial charge in [0.15, 0.2) is 0 Å². The monoisotopic (exact) mass is 306 g/mol. The Labute approximate surface area is 140 Å². The molecule has 2 aromatic rings. The van der Waals surface area contributed by atoms with Crippen LogP contribution < -0.4 is 0 Å². The zero-order valence-electron chi connectivity index (χ0n) is 14.2. The first-order chi connectivity index (χ1) is 11.2. The van der Waals surface area contributed by atoms with Crippen LogP contribution in [0.3, 0.4) is 0 Å². The molecule has 0 aliphatic rings. The summed E-state index contributed by atoms with van der Waals surface area (Å²) in [7, 11) is 4.21. The van der Waals surface area contributed by atoms with Gasteiger partial charge in [0.05, 0.1) is 6.07 Å². The van der Waals surface area contributed by atoms with Crippen LogP contribution in [0.15, 0.2) is 60.7 Å². The van der Waals surface area contributed by atoms with E-state index in [1.54, 1.807) is 0 Å². The summed E-state index contributed by atoms with van der Waals surface area (Å²) in [5, 5.41) is 10.1. The third-order valence-corrected chi connectivity index (χ3v) is 4.38. The molecule has 2 rings (SSSR count). The predicted octanol–water partition coefficient (Wildman–Crippen LogP) is 4.62. The molecule has 0 atom stereocenters. The highest BCUT2D eigenvalue weighted by molar-refractivity contribution is 5.45. The molecule has 0 heterocycles. The molecule has 0 amide bonds. The quantitative estimate of drug-likeness (QED) is 0.665. The molecule has 0 saturated heterocycles. The van der Waals surface area contributed by atoms with E-state index < -0.39 is 5.41 Å². The zero-order chi connectivity index (χ0) is 16.5. The Morgan fingerprint density at radius 1 is 0.826 bits per heavy atom. The maximum Gasteiger partial charge on any atom is 0.107 e. The fraction of sp³-hybridized carbons (Fsp3) is 0.381. The van der Waals surface area contributed by atoms with Crippen molar-refractivity contribution in [1.29, 1.82) is 5.26 Å². The van der Waals surface area contributed by atoms with Gasteiger partial charge in [-0.3, -0.25) is 0 Å². The lowest BCUT2D eigenvalue weighted by atomic mass is 9.72. The third-order valence-electron chi connectivity index (χ3n) is 4.38. The van der Waals surface area contributed by atoms with Gasteiger partial charge < -0.3 is 4.90 Å². The summed E-state index contributed by atoms with van der Waals surface area (Å²) in [6.45, 7) is 1.11. The number of nitrogens with zero attached hydrogens (tertiary/aromatic N) is 2. The summed E-state index contributed by atoms with van der Waals surface area (Å²) in [5.74, 6) is 0. The lowest BCUT2D eigenvalue weighted by Crippen LogP contribution is -2.26. The number of nitriles is 1. The number of benzene rings is 2. The molecule has 0 aliphatic heterocycles. The predicted molar refractivity (Wildman–Crippen MR) is 96.3 cm³/mol. The van der Waals surface area contributed by atoms with E-state index >= 15 is 0 Å². The van der Waals surface area contributed by atoms with Crippen LogP contribution >= 0.6 is 0 Å². The topological polar surface area (TPSA) is 27.0 Å². The van der Waals surface area contributed by atoms with Gasteiger partial charge >= 0.3 is 0 Å². The molecule has 0 bridgehead atoms. The highest BCUT2D eigenvalue weighted by Crippen LogP contribution is 2.36. The van der Waals surface area contributed by atoms with Crippen LogP contribution in [0.4, 0.5) is 0 Å². The second kappa shape index (κ2) is 8.50. The fourth-order valence-corrected chi connectivity index (χ4v) is 3.08. The summed E-state index contributed by atoms with van der Waals surface area (Å²) < 4.78 is 0. The van der Waals surface area contributed by atoms with Gasteiger partial charge in [-0.15, -0.1) is 0 Å². The van der Waals surface area contributed by atoms with Crippen LogP contribution in [0.25, 0.3) is 0 Å². The molecule has 120 valence electrons. The van der Waals surface area contributed by atoms with Crippen LogP contribution in [-0.4, -0.2) is 25.5 Å². The molecule has 0 radical (unpaired) electrons. The summed E-state index contributed by atoms with van der Waals surface area (Å²) in [6, 6.07) is 23.1. The fourth-order valence-electron chi connectivity index (χ4n) is 3.08. The maximum absolute atomic E-state index is 10.1.